The highest BCUT2D eigenvalue weighted by Crippen LogP contribution is 2.26. The molecule has 2 fully saturated rings. The van der Waals surface area contributed by atoms with E-state index in [0.717, 1.165) is 109 Å². The number of hydrogen-bond acceptors (Lipinski definition) is 14. The summed E-state index contributed by atoms with van der Waals surface area (Å²) in [5.74, 6) is -0.404. The highest BCUT2D eigenvalue weighted by Gasteiger charge is 2.47. The topological polar surface area (TPSA) is 214 Å². The number of rotatable bonds is 39. The predicted octanol–water partition coefficient (Wildman–Crippen LogP) is 7.68. The van der Waals surface area contributed by atoms with Gasteiger partial charge in [0.15, 0.2) is 12.6 Å². The molecule has 0 amide bonds. The van der Waals surface area contributed by atoms with Crippen LogP contribution in [-0.2, 0) is 33.2 Å². The molecule has 7 N–H and O–H groups in total. The Kier molecular flexibility index (Phi) is 36.8. The number of aliphatic hydroxyl groups excluding tert-OH is 7. The lowest BCUT2D eigenvalue weighted by Crippen LogP contribution is -2.61. The number of carbonyl (C=O) groups is 1. The van der Waals surface area contributed by atoms with Crippen LogP contribution in [0, 0.1) is 0 Å². The number of carbonyl (C=O) groups excluding carboxylic acids is 1. The van der Waals surface area contributed by atoms with Gasteiger partial charge in [0, 0.05) is 13.0 Å². The fourth-order valence-corrected chi connectivity index (χ4v) is 7.44. The molecule has 0 aromatic heterocycles. The second kappa shape index (κ2) is 40.9. The van der Waals surface area contributed by atoms with Crippen LogP contribution in [0.2, 0.25) is 0 Å². The summed E-state index contributed by atoms with van der Waals surface area (Å²) < 4.78 is 34.2. The lowest BCUT2D eigenvalue weighted by atomic mass is 9.98. The third-order valence-corrected chi connectivity index (χ3v) is 11.6. The van der Waals surface area contributed by atoms with E-state index in [0.29, 0.717) is 13.0 Å². The third-order valence-electron chi connectivity index (χ3n) is 11.6. The summed E-state index contributed by atoms with van der Waals surface area (Å²) in [4.78, 5) is 13.0. The first-order chi connectivity index (χ1) is 33.1. The molecule has 14 nitrogen and oxygen atoms in total. The standard InChI is InChI=1S/C54H90O14/c1-3-5-7-9-11-13-15-17-19-20-21-22-23-24-26-28-30-32-34-36-38-63-40-43(66-46(56)37-35-33-31-29-27-25-18-16-14-12-10-8-6-4-2)41-64-53-52(62)50(60)48(58)45(68-53)42-65-54-51(61)49(59)47(57)44(39-55)67-54/h5,7,10-13,16-19,21-22,24,26,43-45,47-55,57-62H,3-4,6,8-9,14-15,20,23,25,27-42H2,1-2H3/b7-5-,12-10-,13-11-,18-16-,19-17-,22-21-,26-24-. The van der Waals surface area contributed by atoms with Gasteiger partial charge in [-0.1, -0.05) is 144 Å². The van der Waals surface area contributed by atoms with Crippen LogP contribution in [0.3, 0.4) is 0 Å². The molecule has 2 aliphatic rings. The fraction of sp³-hybridized carbons (Fsp3) is 0.722. The van der Waals surface area contributed by atoms with Crippen molar-refractivity contribution in [3.05, 3.63) is 85.1 Å². The molecule has 11 unspecified atom stereocenters. The fourth-order valence-electron chi connectivity index (χ4n) is 7.44. The van der Waals surface area contributed by atoms with Crippen molar-refractivity contribution in [1.82, 2.24) is 0 Å². The van der Waals surface area contributed by atoms with Crippen LogP contribution in [0.1, 0.15) is 149 Å². The molecule has 2 saturated heterocycles. The van der Waals surface area contributed by atoms with Crippen molar-refractivity contribution >= 4 is 5.97 Å². The van der Waals surface area contributed by atoms with Gasteiger partial charge in [-0.05, 0) is 83.5 Å². The average Bonchev–Trinajstić information content (AvgIpc) is 3.33. The summed E-state index contributed by atoms with van der Waals surface area (Å²) in [6.45, 7) is 3.42. The van der Waals surface area contributed by atoms with E-state index < -0.39 is 86.7 Å². The van der Waals surface area contributed by atoms with Gasteiger partial charge in [-0.3, -0.25) is 4.79 Å². The van der Waals surface area contributed by atoms with Crippen molar-refractivity contribution in [2.75, 3.05) is 33.0 Å². The number of unbranched alkanes of at least 4 members (excludes halogenated alkanes) is 11. The molecule has 0 aromatic carbocycles. The Hall–Kier alpha value is -2.83. The molecule has 2 heterocycles. The van der Waals surface area contributed by atoms with Crippen LogP contribution >= 0.6 is 0 Å². The summed E-state index contributed by atoms with van der Waals surface area (Å²) in [7, 11) is 0. The Labute approximate surface area is 408 Å². The Bertz CT molecular complexity index is 1440. The minimum Gasteiger partial charge on any atom is -0.457 e. The maximum Gasteiger partial charge on any atom is 0.306 e. The first kappa shape index (κ1) is 61.3. The molecular weight excluding hydrogens is 873 g/mol. The number of aliphatic hydroxyl groups is 7. The molecular formula is C54H90O14. The van der Waals surface area contributed by atoms with Crippen LogP contribution in [-0.4, -0.2) is 142 Å². The average molecular weight is 963 g/mol. The van der Waals surface area contributed by atoms with E-state index in [-0.39, 0.29) is 19.6 Å². The Balaban J connectivity index is 1.79. The van der Waals surface area contributed by atoms with Gasteiger partial charge in [0.1, 0.15) is 54.9 Å². The maximum absolute atomic E-state index is 13.0. The van der Waals surface area contributed by atoms with E-state index in [9.17, 15) is 40.5 Å². The van der Waals surface area contributed by atoms with Crippen molar-refractivity contribution in [2.45, 2.75) is 216 Å². The van der Waals surface area contributed by atoms with Crippen molar-refractivity contribution in [1.29, 1.82) is 0 Å². The van der Waals surface area contributed by atoms with Crippen molar-refractivity contribution in [3.8, 4) is 0 Å². The van der Waals surface area contributed by atoms with Crippen molar-refractivity contribution in [3.63, 3.8) is 0 Å². The van der Waals surface area contributed by atoms with Gasteiger partial charge in [-0.25, -0.2) is 0 Å². The molecule has 11 atom stereocenters. The van der Waals surface area contributed by atoms with Crippen LogP contribution < -0.4 is 0 Å². The lowest BCUT2D eigenvalue weighted by molar-refractivity contribution is -0.332. The monoisotopic (exact) mass is 963 g/mol. The van der Waals surface area contributed by atoms with Crippen molar-refractivity contribution < 1.29 is 69.0 Å². The number of ether oxygens (including phenoxy) is 6. The zero-order chi connectivity index (χ0) is 49.5. The van der Waals surface area contributed by atoms with Gasteiger partial charge < -0.3 is 64.2 Å². The van der Waals surface area contributed by atoms with Gasteiger partial charge in [0.25, 0.3) is 0 Å². The zero-order valence-corrected chi connectivity index (χ0v) is 41.3. The number of hydrogen-bond donors (Lipinski definition) is 7. The maximum atomic E-state index is 13.0. The van der Waals surface area contributed by atoms with E-state index in [1.165, 1.54) is 12.8 Å². The van der Waals surface area contributed by atoms with Crippen LogP contribution in [0.5, 0.6) is 0 Å². The number of allylic oxidation sites excluding steroid dienone is 14. The van der Waals surface area contributed by atoms with Crippen molar-refractivity contribution in [2.24, 2.45) is 0 Å². The first-order valence-electron chi connectivity index (χ1n) is 25.7. The van der Waals surface area contributed by atoms with E-state index in [4.69, 9.17) is 28.4 Å². The van der Waals surface area contributed by atoms with Crippen LogP contribution in [0.4, 0.5) is 0 Å². The number of esters is 1. The lowest BCUT2D eigenvalue weighted by Gasteiger charge is -2.42. The summed E-state index contributed by atoms with van der Waals surface area (Å²) in [6.07, 6.45) is 35.0. The van der Waals surface area contributed by atoms with Gasteiger partial charge in [-0.2, -0.15) is 0 Å². The summed E-state index contributed by atoms with van der Waals surface area (Å²) in [5.41, 5.74) is 0. The summed E-state index contributed by atoms with van der Waals surface area (Å²) >= 11 is 0. The Morgan fingerprint density at radius 1 is 0.500 bits per heavy atom. The van der Waals surface area contributed by atoms with Gasteiger partial charge in [0.05, 0.1) is 26.4 Å². The molecule has 0 bridgehead atoms. The van der Waals surface area contributed by atoms with E-state index in [1.54, 1.807) is 0 Å². The van der Waals surface area contributed by atoms with Gasteiger partial charge in [0.2, 0.25) is 0 Å². The largest absolute Gasteiger partial charge is 0.457 e. The third kappa shape index (κ3) is 28.1. The van der Waals surface area contributed by atoms with E-state index >= 15 is 0 Å². The zero-order valence-electron chi connectivity index (χ0n) is 41.3. The molecule has 2 rings (SSSR count). The van der Waals surface area contributed by atoms with E-state index in [1.807, 2.05) is 0 Å². The molecule has 2 aliphatic heterocycles. The second-order valence-electron chi connectivity index (χ2n) is 17.6. The minimum atomic E-state index is -1.72. The Morgan fingerprint density at radius 2 is 0.956 bits per heavy atom. The van der Waals surface area contributed by atoms with Crippen LogP contribution in [0.25, 0.3) is 0 Å². The Morgan fingerprint density at radius 3 is 1.50 bits per heavy atom. The van der Waals surface area contributed by atoms with E-state index in [2.05, 4.69) is 98.9 Å². The highest BCUT2D eigenvalue weighted by molar-refractivity contribution is 5.69. The highest BCUT2D eigenvalue weighted by atomic mass is 16.7. The van der Waals surface area contributed by atoms with Gasteiger partial charge in [-0.15, -0.1) is 0 Å². The smallest absolute Gasteiger partial charge is 0.306 e. The molecule has 0 aliphatic carbocycles. The second-order valence-corrected chi connectivity index (χ2v) is 17.6. The quantitative estimate of drug-likeness (QED) is 0.0179. The molecule has 68 heavy (non-hydrogen) atoms. The SMILES string of the molecule is CC/C=C\C/C=C\C/C=C\C/C=C\C/C=C\CCCCCCOCC(COC1OC(COC2OC(CO)C(O)C(O)C2O)C(O)C(O)C1O)OC(=O)CCCCCCC/C=C\C/C=C\CCCC. The van der Waals surface area contributed by atoms with Crippen LogP contribution in [0.15, 0.2) is 85.1 Å². The molecule has 0 radical (unpaired) electrons. The molecule has 390 valence electrons. The predicted molar refractivity (Wildman–Crippen MR) is 265 cm³/mol. The normalized spacial score (nSPS) is 26.6. The molecule has 14 heteroatoms. The van der Waals surface area contributed by atoms with Gasteiger partial charge >= 0.3 is 5.97 Å². The minimum absolute atomic E-state index is 0.0332. The summed E-state index contributed by atoms with van der Waals surface area (Å²) in [6, 6.07) is 0. The first-order valence-corrected chi connectivity index (χ1v) is 25.7. The summed E-state index contributed by atoms with van der Waals surface area (Å²) in [5, 5.41) is 72.1. The molecule has 0 saturated carbocycles. The molecule has 0 aromatic rings. The molecule has 0 spiro atoms.